The number of carbonyl (C=O) groups is 1. The lowest BCUT2D eigenvalue weighted by Crippen LogP contribution is -2.26. The van der Waals surface area contributed by atoms with Crippen LogP contribution in [0.25, 0.3) is 0 Å². The summed E-state index contributed by atoms with van der Waals surface area (Å²) in [5.74, 6) is -0.158. The summed E-state index contributed by atoms with van der Waals surface area (Å²) in [5.41, 5.74) is 1.84. The van der Waals surface area contributed by atoms with Gasteiger partial charge in [-0.25, -0.2) is 22.3 Å². The van der Waals surface area contributed by atoms with Gasteiger partial charge in [-0.15, -0.1) is 0 Å². The zero-order chi connectivity index (χ0) is 24.0. The highest BCUT2D eigenvalue weighted by atomic mass is 35.5. The minimum atomic E-state index is -3.80. The monoisotopic (exact) mass is 491 g/mol. The zero-order valence-electron chi connectivity index (χ0n) is 18.1. The predicted molar refractivity (Wildman–Crippen MR) is 124 cm³/mol. The number of rotatable bonds is 9. The first-order valence-corrected chi connectivity index (χ1v) is 12.0. The van der Waals surface area contributed by atoms with Crippen LogP contribution in [0.15, 0.2) is 65.6 Å². The van der Waals surface area contributed by atoms with Crippen LogP contribution in [0.2, 0.25) is 5.02 Å². The largest absolute Gasteiger partial charge is 0.465 e. The molecule has 1 N–H and O–H groups in total. The summed E-state index contributed by atoms with van der Waals surface area (Å²) in [6, 6.07) is 15.6. The van der Waals surface area contributed by atoms with Crippen molar-refractivity contribution in [2.75, 3.05) is 13.7 Å². The molecule has 0 saturated carbocycles. The maximum atomic E-state index is 13.2. The highest BCUT2D eigenvalue weighted by Gasteiger charge is 2.19. The third-order valence-corrected chi connectivity index (χ3v) is 6.68. The summed E-state index contributed by atoms with van der Waals surface area (Å²) in [5, 5.41) is -0.0283. The molecule has 0 aliphatic carbocycles. The van der Waals surface area contributed by atoms with Gasteiger partial charge < -0.3 is 9.47 Å². The smallest absolute Gasteiger partial charge is 0.338 e. The van der Waals surface area contributed by atoms with Gasteiger partial charge in [0, 0.05) is 12.6 Å². The van der Waals surface area contributed by atoms with Gasteiger partial charge in [-0.1, -0.05) is 36.7 Å². The van der Waals surface area contributed by atoms with Crippen LogP contribution in [0.5, 0.6) is 11.5 Å². The van der Waals surface area contributed by atoms with Crippen LogP contribution < -0.4 is 9.46 Å². The lowest BCUT2D eigenvalue weighted by atomic mass is 10.1. The van der Waals surface area contributed by atoms with E-state index in [0.29, 0.717) is 29.9 Å². The number of carbonyl (C=O) groups excluding carboxylic acids is 1. The molecule has 6 nitrogen and oxygen atoms in total. The van der Waals surface area contributed by atoms with Gasteiger partial charge in [0.2, 0.25) is 10.0 Å². The van der Waals surface area contributed by atoms with Crippen molar-refractivity contribution in [2.45, 2.75) is 24.7 Å². The molecule has 9 heteroatoms. The van der Waals surface area contributed by atoms with Gasteiger partial charge in [-0.3, -0.25) is 0 Å². The van der Waals surface area contributed by atoms with Gasteiger partial charge in [0.15, 0.2) is 0 Å². The summed E-state index contributed by atoms with van der Waals surface area (Å²) >= 11 is 5.76. The molecule has 0 bridgehead atoms. The van der Waals surface area contributed by atoms with Gasteiger partial charge in [-0.05, 0) is 60.4 Å². The van der Waals surface area contributed by atoms with Gasteiger partial charge in [0.25, 0.3) is 0 Å². The Labute approximate surface area is 197 Å². The average Bonchev–Trinajstić information content (AvgIpc) is 2.81. The maximum Gasteiger partial charge on any atom is 0.338 e. The number of nitrogens with one attached hydrogen (secondary N) is 1. The first kappa shape index (κ1) is 24.7. The number of ether oxygens (including phenoxy) is 2. The molecular formula is C24H23ClFNO5S. The number of hydrogen-bond acceptors (Lipinski definition) is 5. The first-order valence-electron chi connectivity index (χ1n) is 10.2. The van der Waals surface area contributed by atoms with Crippen molar-refractivity contribution in [3.63, 3.8) is 0 Å². The number of aryl methyl sites for hydroxylation is 1. The number of methoxy groups -OCH3 is 1. The van der Waals surface area contributed by atoms with Crippen molar-refractivity contribution in [1.29, 1.82) is 0 Å². The lowest BCUT2D eigenvalue weighted by Gasteiger charge is -2.11. The molecule has 3 aromatic rings. The van der Waals surface area contributed by atoms with E-state index in [1.807, 2.05) is 6.92 Å². The minimum Gasteiger partial charge on any atom is -0.465 e. The van der Waals surface area contributed by atoms with E-state index < -0.39 is 21.8 Å². The molecule has 33 heavy (non-hydrogen) atoms. The predicted octanol–water partition coefficient (Wildman–Crippen LogP) is 5.14. The van der Waals surface area contributed by atoms with Crippen molar-refractivity contribution in [3.05, 3.63) is 88.2 Å². The van der Waals surface area contributed by atoms with Gasteiger partial charge >= 0.3 is 5.97 Å². The molecule has 0 fully saturated rings. The van der Waals surface area contributed by atoms with Crippen molar-refractivity contribution in [2.24, 2.45) is 0 Å². The van der Waals surface area contributed by atoms with Crippen molar-refractivity contribution in [1.82, 2.24) is 4.72 Å². The SMILES string of the molecule is CCc1ccc(S(=O)(=O)NCCc2ccc(Oc3ccc(F)c(Cl)c3)cc2)cc1C(=O)OC. The number of esters is 1. The first-order chi connectivity index (χ1) is 15.7. The molecular weight excluding hydrogens is 469 g/mol. The van der Waals surface area contributed by atoms with Crippen LogP contribution in [0, 0.1) is 5.82 Å². The highest BCUT2D eigenvalue weighted by Crippen LogP contribution is 2.26. The fraction of sp³-hybridized carbons (Fsp3) is 0.208. The van der Waals surface area contributed by atoms with E-state index in [2.05, 4.69) is 4.72 Å². The average molecular weight is 492 g/mol. The number of benzene rings is 3. The second-order valence-corrected chi connectivity index (χ2v) is 9.31. The van der Waals surface area contributed by atoms with E-state index in [-0.39, 0.29) is 22.0 Å². The van der Waals surface area contributed by atoms with Crippen LogP contribution in [0.3, 0.4) is 0 Å². The third-order valence-electron chi connectivity index (χ3n) is 4.93. The molecule has 0 aliphatic heterocycles. The molecule has 174 valence electrons. The molecule has 0 atom stereocenters. The van der Waals surface area contributed by atoms with Crippen LogP contribution in [0.4, 0.5) is 4.39 Å². The van der Waals surface area contributed by atoms with E-state index >= 15 is 0 Å². The Bertz CT molecular complexity index is 1250. The molecule has 0 amide bonds. The highest BCUT2D eigenvalue weighted by molar-refractivity contribution is 7.89. The van der Waals surface area contributed by atoms with E-state index in [9.17, 15) is 17.6 Å². The van der Waals surface area contributed by atoms with E-state index in [0.717, 1.165) is 5.56 Å². The minimum absolute atomic E-state index is 0.00167. The second-order valence-electron chi connectivity index (χ2n) is 7.13. The molecule has 3 rings (SSSR count). The van der Waals surface area contributed by atoms with Gasteiger partial charge in [0.05, 0.1) is 22.6 Å². The fourth-order valence-corrected chi connectivity index (χ4v) is 4.37. The number of hydrogen-bond donors (Lipinski definition) is 1. The lowest BCUT2D eigenvalue weighted by molar-refractivity contribution is 0.0599. The molecule has 0 heterocycles. The van der Waals surface area contributed by atoms with Crippen LogP contribution in [-0.2, 0) is 27.6 Å². The maximum absolute atomic E-state index is 13.2. The summed E-state index contributed by atoms with van der Waals surface area (Å²) < 4.78 is 51.5. The zero-order valence-corrected chi connectivity index (χ0v) is 19.7. The molecule has 0 radical (unpaired) electrons. The third kappa shape index (κ3) is 6.31. The fourth-order valence-electron chi connectivity index (χ4n) is 3.14. The van der Waals surface area contributed by atoms with Crippen molar-refractivity contribution < 1.29 is 27.1 Å². The van der Waals surface area contributed by atoms with Crippen LogP contribution >= 0.6 is 11.6 Å². The standard InChI is InChI=1S/C24H23ClFNO5S/c1-3-17-6-10-20(15-21(17)24(28)31-2)33(29,30)27-13-12-16-4-7-18(8-5-16)32-19-9-11-23(26)22(25)14-19/h4-11,14-15,27H,3,12-13H2,1-2H3. The Hall–Kier alpha value is -2.94. The quantitative estimate of drug-likeness (QED) is 0.419. The molecule has 3 aromatic carbocycles. The Morgan fingerprint density at radius 1 is 1.03 bits per heavy atom. The Morgan fingerprint density at radius 3 is 2.36 bits per heavy atom. The van der Waals surface area contributed by atoms with Crippen molar-refractivity contribution in [3.8, 4) is 11.5 Å². The molecule has 0 unspecified atom stereocenters. The van der Waals surface area contributed by atoms with Crippen molar-refractivity contribution >= 4 is 27.6 Å². The normalized spacial score (nSPS) is 11.3. The second kappa shape index (κ2) is 10.8. The summed E-state index contributed by atoms with van der Waals surface area (Å²) in [4.78, 5) is 12.0. The van der Waals surface area contributed by atoms with Gasteiger partial charge in [0.1, 0.15) is 17.3 Å². The Balaban J connectivity index is 1.61. The van der Waals surface area contributed by atoms with Gasteiger partial charge in [-0.2, -0.15) is 0 Å². The van der Waals surface area contributed by atoms with E-state index in [1.165, 1.54) is 37.4 Å². The van der Waals surface area contributed by atoms with E-state index in [4.69, 9.17) is 21.1 Å². The summed E-state index contributed by atoms with van der Waals surface area (Å²) in [6.45, 7) is 2.04. The van der Waals surface area contributed by atoms with E-state index in [1.54, 1.807) is 30.3 Å². The van der Waals surface area contributed by atoms with Crippen LogP contribution in [-0.4, -0.2) is 28.0 Å². The Morgan fingerprint density at radius 2 is 1.73 bits per heavy atom. The molecule has 0 aliphatic rings. The molecule has 0 saturated heterocycles. The Kier molecular flexibility index (Phi) is 8.07. The topological polar surface area (TPSA) is 81.7 Å². The number of sulfonamides is 1. The number of halogens is 2. The molecule has 0 spiro atoms. The van der Waals surface area contributed by atoms with Crippen LogP contribution in [0.1, 0.15) is 28.4 Å². The summed E-state index contributed by atoms with van der Waals surface area (Å²) in [7, 11) is -2.55. The molecule has 0 aromatic heterocycles. The summed E-state index contributed by atoms with van der Waals surface area (Å²) in [6.07, 6.45) is 1.02.